The van der Waals surface area contributed by atoms with E-state index >= 15 is 0 Å². The number of hydrogen-bond donors (Lipinski definition) is 0. The van der Waals surface area contributed by atoms with Crippen molar-refractivity contribution in [1.29, 1.82) is 0 Å². The average Bonchev–Trinajstić information content (AvgIpc) is 2.99. The van der Waals surface area contributed by atoms with E-state index in [2.05, 4.69) is 19.6 Å². The van der Waals surface area contributed by atoms with Crippen LogP contribution in [0.5, 0.6) is 5.75 Å². The van der Waals surface area contributed by atoms with Crippen molar-refractivity contribution in [3.8, 4) is 17.0 Å². The van der Waals surface area contributed by atoms with Gasteiger partial charge in [0.05, 0.1) is 22.6 Å². The topological polar surface area (TPSA) is 66.5 Å². The van der Waals surface area contributed by atoms with Crippen LogP contribution in [0.2, 0.25) is 30.7 Å². The van der Waals surface area contributed by atoms with Crippen LogP contribution in [0.4, 0.5) is 14.5 Å². The summed E-state index contributed by atoms with van der Waals surface area (Å²) in [5.41, 5.74) is -0.276. The zero-order valence-corrected chi connectivity index (χ0v) is 17.3. The van der Waals surface area contributed by atoms with Gasteiger partial charge >= 0.3 is 0 Å². The van der Waals surface area contributed by atoms with Crippen LogP contribution in [0.15, 0.2) is 18.3 Å². The standard InChI is InChI=1S/C17H21ClF2N2O4Si/c1-25-17-11(9-12(18)14(19)15(17)20)16-13(22(23)24)5-6-21(16)10-26-7-8-27(2,3)4/h5-6,9H,7-8,10H2,1-4H3. The van der Waals surface area contributed by atoms with Crippen LogP contribution < -0.4 is 4.74 Å². The highest BCUT2D eigenvalue weighted by atomic mass is 35.5. The van der Waals surface area contributed by atoms with Gasteiger partial charge < -0.3 is 14.0 Å². The third-order valence-electron chi connectivity index (χ3n) is 3.94. The lowest BCUT2D eigenvalue weighted by atomic mass is 10.1. The summed E-state index contributed by atoms with van der Waals surface area (Å²) in [5, 5.41) is 10.9. The first-order chi connectivity index (χ1) is 12.6. The molecule has 0 saturated carbocycles. The van der Waals surface area contributed by atoms with Gasteiger partial charge in [0.1, 0.15) is 12.4 Å². The van der Waals surface area contributed by atoms with E-state index in [1.165, 1.54) is 16.8 Å². The number of methoxy groups -OCH3 is 1. The van der Waals surface area contributed by atoms with Crippen LogP contribution in [0.25, 0.3) is 11.3 Å². The third kappa shape index (κ3) is 4.85. The van der Waals surface area contributed by atoms with E-state index in [9.17, 15) is 18.9 Å². The van der Waals surface area contributed by atoms with E-state index in [0.29, 0.717) is 6.61 Å². The Labute approximate surface area is 161 Å². The second kappa shape index (κ2) is 8.36. The summed E-state index contributed by atoms with van der Waals surface area (Å²) in [6.07, 6.45) is 1.45. The van der Waals surface area contributed by atoms with Gasteiger partial charge in [0, 0.05) is 26.9 Å². The van der Waals surface area contributed by atoms with Gasteiger partial charge in [-0.3, -0.25) is 10.1 Å². The Morgan fingerprint density at radius 3 is 2.52 bits per heavy atom. The molecule has 6 nitrogen and oxygen atoms in total. The van der Waals surface area contributed by atoms with Crippen molar-refractivity contribution < 1.29 is 23.2 Å². The van der Waals surface area contributed by atoms with Crippen molar-refractivity contribution in [2.45, 2.75) is 32.4 Å². The van der Waals surface area contributed by atoms with Crippen molar-refractivity contribution in [3.05, 3.63) is 45.1 Å². The molecule has 148 valence electrons. The maximum Gasteiger partial charge on any atom is 0.295 e. The van der Waals surface area contributed by atoms with Crippen molar-refractivity contribution in [3.63, 3.8) is 0 Å². The molecule has 0 fully saturated rings. The molecule has 2 aromatic rings. The molecule has 0 aliphatic heterocycles. The summed E-state index contributed by atoms with van der Waals surface area (Å²) in [6.45, 7) is 7.13. The van der Waals surface area contributed by atoms with Gasteiger partial charge in [0.15, 0.2) is 11.6 Å². The van der Waals surface area contributed by atoms with Gasteiger partial charge in [-0.2, -0.15) is 4.39 Å². The minimum Gasteiger partial charge on any atom is -0.493 e. The SMILES string of the molecule is COc1c(-c2c([N+](=O)[O-])ccn2COCC[Si](C)(C)C)cc(Cl)c(F)c1F. The van der Waals surface area contributed by atoms with Crippen LogP contribution in [-0.2, 0) is 11.5 Å². The number of benzene rings is 1. The van der Waals surface area contributed by atoms with Gasteiger partial charge in [0.25, 0.3) is 5.69 Å². The van der Waals surface area contributed by atoms with Crippen LogP contribution in [0.3, 0.4) is 0 Å². The van der Waals surface area contributed by atoms with Gasteiger partial charge in [-0.25, -0.2) is 4.39 Å². The molecule has 0 saturated heterocycles. The number of ether oxygens (including phenoxy) is 2. The monoisotopic (exact) mass is 418 g/mol. The quantitative estimate of drug-likeness (QED) is 0.191. The van der Waals surface area contributed by atoms with E-state index in [4.69, 9.17) is 21.1 Å². The minimum absolute atomic E-state index is 0.0213. The molecule has 0 N–H and O–H groups in total. The highest BCUT2D eigenvalue weighted by Crippen LogP contribution is 2.41. The molecule has 0 atom stereocenters. The van der Waals surface area contributed by atoms with Crippen LogP contribution >= 0.6 is 11.6 Å². The summed E-state index contributed by atoms with van der Waals surface area (Å²) in [7, 11) is -0.141. The molecule has 0 amide bonds. The van der Waals surface area contributed by atoms with E-state index in [1.54, 1.807) is 0 Å². The molecule has 0 bridgehead atoms. The first kappa shape index (κ1) is 21.3. The second-order valence-corrected chi connectivity index (χ2v) is 13.2. The van der Waals surface area contributed by atoms with Crippen molar-refractivity contribution in [2.24, 2.45) is 0 Å². The number of hydrogen-bond acceptors (Lipinski definition) is 4. The van der Waals surface area contributed by atoms with Crippen LogP contribution in [-0.4, -0.2) is 31.3 Å². The summed E-state index contributed by atoms with van der Waals surface area (Å²) in [4.78, 5) is 10.8. The lowest BCUT2D eigenvalue weighted by molar-refractivity contribution is -0.384. The number of halogens is 3. The molecular formula is C17H21ClF2N2O4Si. The zero-order chi connectivity index (χ0) is 20.4. The summed E-state index contributed by atoms with van der Waals surface area (Å²) in [6, 6.07) is 3.30. The molecule has 0 aliphatic carbocycles. The van der Waals surface area contributed by atoms with Crippen LogP contribution in [0, 0.1) is 21.7 Å². The van der Waals surface area contributed by atoms with E-state index in [-0.39, 0.29) is 23.7 Å². The summed E-state index contributed by atoms with van der Waals surface area (Å²) in [5.74, 6) is -3.03. The molecule has 2 rings (SSSR count). The van der Waals surface area contributed by atoms with Crippen molar-refractivity contribution in [1.82, 2.24) is 4.57 Å². The maximum absolute atomic E-state index is 14.2. The third-order valence-corrected chi connectivity index (χ3v) is 5.92. The molecule has 10 heteroatoms. The molecule has 0 unspecified atom stereocenters. The molecule has 1 aromatic carbocycles. The highest BCUT2D eigenvalue weighted by Gasteiger charge is 2.28. The fourth-order valence-corrected chi connectivity index (χ4v) is 3.45. The van der Waals surface area contributed by atoms with E-state index < -0.39 is 35.4 Å². The smallest absolute Gasteiger partial charge is 0.295 e. The fraction of sp³-hybridized carbons (Fsp3) is 0.412. The maximum atomic E-state index is 14.2. The first-order valence-electron chi connectivity index (χ1n) is 8.20. The molecular weight excluding hydrogens is 398 g/mol. The molecule has 1 heterocycles. The predicted molar refractivity (Wildman–Crippen MR) is 102 cm³/mol. The minimum atomic E-state index is -1.30. The fourth-order valence-electron chi connectivity index (χ4n) is 2.50. The normalized spacial score (nSPS) is 11.7. The molecule has 0 spiro atoms. The van der Waals surface area contributed by atoms with E-state index in [0.717, 1.165) is 19.2 Å². The summed E-state index contributed by atoms with van der Waals surface area (Å²) < 4.78 is 40.0. The Morgan fingerprint density at radius 1 is 1.30 bits per heavy atom. The van der Waals surface area contributed by atoms with Crippen molar-refractivity contribution >= 4 is 25.4 Å². The van der Waals surface area contributed by atoms with Gasteiger partial charge in [0.2, 0.25) is 5.82 Å². The number of nitrogens with zero attached hydrogens (tertiary/aromatic N) is 2. The van der Waals surface area contributed by atoms with Gasteiger partial charge in [-0.15, -0.1) is 0 Å². The highest BCUT2D eigenvalue weighted by molar-refractivity contribution is 6.76. The number of rotatable bonds is 8. The molecule has 1 aromatic heterocycles. The summed E-state index contributed by atoms with van der Waals surface area (Å²) >= 11 is 5.75. The largest absolute Gasteiger partial charge is 0.493 e. The molecule has 0 radical (unpaired) electrons. The Morgan fingerprint density at radius 2 is 1.96 bits per heavy atom. The van der Waals surface area contributed by atoms with Gasteiger partial charge in [-0.1, -0.05) is 31.2 Å². The first-order valence-corrected chi connectivity index (χ1v) is 12.3. The Kier molecular flexibility index (Phi) is 6.61. The predicted octanol–water partition coefficient (Wildman–Crippen LogP) is 5.32. The lowest BCUT2D eigenvalue weighted by Gasteiger charge is -2.17. The molecule has 27 heavy (non-hydrogen) atoms. The zero-order valence-electron chi connectivity index (χ0n) is 15.5. The average molecular weight is 419 g/mol. The Hall–Kier alpha value is -1.97. The van der Waals surface area contributed by atoms with E-state index in [1.807, 2.05) is 0 Å². The van der Waals surface area contributed by atoms with Crippen molar-refractivity contribution in [2.75, 3.05) is 13.7 Å². The lowest BCUT2D eigenvalue weighted by Crippen LogP contribution is -2.22. The number of nitro groups is 1. The Bertz CT molecular complexity index is 852. The van der Waals surface area contributed by atoms with Gasteiger partial charge in [-0.05, 0) is 12.1 Å². The molecule has 0 aliphatic rings. The van der Waals surface area contributed by atoms with Crippen LogP contribution in [0.1, 0.15) is 0 Å². The Balaban J connectivity index is 2.47. The second-order valence-electron chi connectivity index (χ2n) is 7.19. The number of aromatic nitrogens is 1.